The summed E-state index contributed by atoms with van der Waals surface area (Å²) in [5, 5.41) is 27.8. The minimum absolute atomic E-state index is 0.139. The smallest absolute Gasteiger partial charge is 0.313 e. The molecule has 1 aliphatic rings. The van der Waals surface area contributed by atoms with Crippen LogP contribution in [0, 0.1) is 17.8 Å². The number of hydrogen-bond acceptors (Lipinski definition) is 4. The minimum Gasteiger partial charge on any atom is -0.481 e. The first kappa shape index (κ1) is 22.5. The molecule has 1 fully saturated rings. The Kier molecular flexibility index (Phi) is 12.3. The van der Waals surface area contributed by atoms with Crippen molar-refractivity contribution in [2.24, 2.45) is 17.8 Å². The number of allylic oxidation sites excluding steroid dienone is 1. The molecular weight excluding hydrogens is 336 g/mol. The van der Waals surface area contributed by atoms with Crippen LogP contribution >= 0.6 is 11.8 Å². The van der Waals surface area contributed by atoms with Crippen LogP contribution in [0.5, 0.6) is 0 Å². The van der Waals surface area contributed by atoms with Crippen molar-refractivity contribution >= 4 is 17.7 Å². The Morgan fingerprint density at radius 2 is 2.00 bits per heavy atom. The average molecular weight is 373 g/mol. The maximum absolute atomic E-state index is 10.5. The predicted octanol–water partition coefficient (Wildman–Crippen LogP) is 4.45. The van der Waals surface area contributed by atoms with E-state index in [1.807, 2.05) is 6.08 Å². The molecule has 1 saturated carbocycles. The number of aliphatic carboxylic acids is 1. The van der Waals surface area contributed by atoms with Crippen LogP contribution < -0.4 is 0 Å². The van der Waals surface area contributed by atoms with Gasteiger partial charge in [-0.25, -0.2) is 0 Å². The van der Waals surface area contributed by atoms with Crippen LogP contribution in [-0.4, -0.2) is 39.1 Å². The second-order valence-corrected chi connectivity index (χ2v) is 8.36. The van der Waals surface area contributed by atoms with Crippen LogP contribution in [-0.2, 0) is 4.79 Å². The number of unbranched alkanes of at least 4 members (excludes halogenated alkanes) is 3. The number of carbonyl (C=O) groups is 1. The number of hydrogen-bond donors (Lipinski definition) is 3. The molecule has 0 bridgehead atoms. The fourth-order valence-corrected chi connectivity index (χ4v) is 4.43. The Hall–Kier alpha value is -0.520. The van der Waals surface area contributed by atoms with Crippen LogP contribution in [0.1, 0.15) is 71.1 Å². The number of carboxylic acid groups (broad SMARTS) is 1. The molecule has 0 spiro atoms. The molecule has 25 heavy (non-hydrogen) atoms. The summed E-state index contributed by atoms with van der Waals surface area (Å²) in [4.78, 5) is 10.5. The highest BCUT2D eigenvalue weighted by atomic mass is 32.2. The van der Waals surface area contributed by atoms with Crippen LogP contribution in [0.4, 0.5) is 0 Å². The first-order chi connectivity index (χ1) is 12.0. The maximum atomic E-state index is 10.5. The zero-order valence-corrected chi connectivity index (χ0v) is 16.4. The topological polar surface area (TPSA) is 77.8 Å². The number of aliphatic hydroxyl groups is 2. The summed E-state index contributed by atoms with van der Waals surface area (Å²) in [7, 11) is 0. The van der Waals surface area contributed by atoms with Gasteiger partial charge in [-0.2, -0.15) is 11.8 Å². The van der Waals surface area contributed by atoms with E-state index >= 15 is 0 Å². The van der Waals surface area contributed by atoms with Crippen LogP contribution in [0.25, 0.3) is 0 Å². The van der Waals surface area contributed by atoms with E-state index < -0.39 is 12.3 Å². The number of aliphatic hydroxyl groups excluding tert-OH is 1. The van der Waals surface area contributed by atoms with Gasteiger partial charge in [0.25, 0.3) is 0 Å². The van der Waals surface area contributed by atoms with Gasteiger partial charge in [0.2, 0.25) is 0 Å². The van der Waals surface area contributed by atoms with Gasteiger partial charge < -0.3 is 15.3 Å². The van der Waals surface area contributed by atoms with Gasteiger partial charge in [-0.1, -0.05) is 51.2 Å². The molecule has 1 unspecified atom stereocenters. The minimum atomic E-state index is -1.25. The van der Waals surface area contributed by atoms with E-state index in [1.54, 1.807) is 0 Å². The highest BCUT2D eigenvalue weighted by Crippen LogP contribution is 2.36. The van der Waals surface area contributed by atoms with Gasteiger partial charge in [0.1, 0.15) is 0 Å². The summed E-state index contributed by atoms with van der Waals surface area (Å²) < 4.78 is 0. The molecule has 0 heterocycles. The Bertz CT molecular complexity index is 384. The molecule has 0 radical (unpaired) electrons. The third-order valence-electron chi connectivity index (χ3n) is 5.19. The number of carboxylic acids is 1. The van der Waals surface area contributed by atoms with E-state index in [9.17, 15) is 15.0 Å². The highest BCUT2D eigenvalue weighted by Gasteiger charge is 2.25. The fourth-order valence-electron chi connectivity index (χ4n) is 3.71. The van der Waals surface area contributed by atoms with E-state index in [2.05, 4.69) is 13.0 Å². The van der Waals surface area contributed by atoms with E-state index in [1.165, 1.54) is 37.4 Å². The van der Waals surface area contributed by atoms with Gasteiger partial charge in [0.05, 0.1) is 5.75 Å². The van der Waals surface area contributed by atoms with Crippen LogP contribution in [0.3, 0.4) is 0 Å². The summed E-state index contributed by atoms with van der Waals surface area (Å²) in [5.74, 6) is 1.53. The Balaban J connectivity index is 2.31. The lowest BCUT2D eigenvalue weighted by Crippen LogP contribution is -2.18. The molecule has 0 aromatic heterocycles. The maximum Gasteiger partial charge on any atom is 0.313 e. The molecule has 0 aromatic rings. The second kappa shape index (κ2) is 13.7. The van der Waals surface area contributed by atoms with Crippen LogP contribution in [0.15, 0.2) is 12.2 Å². The third kappa shape index (κ3) is 10.3. The lowest BCUT2D eigenvalue weighted by molar-refractivity contribution is -0.133. The average Bonchev–Trinajstić information content (AvgIpc) is 3.00. The quantitative estimate of drug-likeness (QED) is 0.238. The molecule has 0 amide bonds. The largest absolute Gasteiger partial charge is 0.481 e. The number of rotatable bonds is 14. The van der Waals surface area contributed by atoms with Crippen molar-refractivity contribution in [1.29, 1.82) is 0 Å². The molecule has 1 aliphatic carbocycles. The van der Waals surface area contributed by atoms with E-state index in [4.69, 9.17) is 5.11 Å². The molecule has 5 heteroatoms. The van der Waals surface area contributed by atoms with Crippen molar-refractivity contribution in [3.63, 3.8) is 0 Å². The van der Waals surface area contributed by atoms with Crippen LogP contribution in [0.2, 0.25) is 0 Å². The highest BCUT2D eigenvalue weighted by molar-refractivity contribution is 7.99. The molecule has 3 atom stereocenters. The molecule has 4 nitrogen and oxygen atoms in total. The van der Waals surface area contributed by atoms with Crippen molar-refractivity contribution in [3.05, 3.63) is 12.2 Å². The Morgan fingerprint density at radius 3 is 2.68 bits per heavy atom. The van der Waals surface area contributed by atoms with Gasteiger partial charge in [0.15, 0.2) is 6.29 Å². The molecular formula is C20H36O4S. The lowest BCUT2D eigenvalue weighted by atomic mass is 9.89. The van der Waals surface area contributed by atoms with Crippen molar-refractivity contribution < 1.29 is 20.1 Å². The summed E-state index contributed by atoms with van der Waals surface area (Å²) in [6.45, 7) is 2.16. The third-order valence-corrected chi connectivity index (χ3v) is 6.21. The molecule has 0 saturated heterocycles. The van der Waals surface area contributed by atoms with Gasteiger partial charge in [0, 0.05) is 5.92 Å². The normalized spacial score (nSPS) is 22.1. The van der Waals surface area contributed by atoms with Crippen molar-refractivity contribution in [3.8, 4) is 0 Å². The molecule has 146 valence electrons. The molecule has 0 aromatic carbocycles. The monoisotopic (exact) mass is 372 g/mol. The first-order valence-corrected chi connectivity index (χ1v) is 11.0. The standard InChI is InChI=1S/C20H36O4S/c1-2-3-4-9-18(20(23)24)13-12-17-11-7-10-16(17)8-5-6-14-25-15-19(21)22/h12-13,16-18,20,23-24H,2-11,14-15H2,1H3,(H,21,22)/t16-,17+,18?/m0/s1. The van der Waals surface area contributed by atoms with Crippen molar-refractivity contribution in [2.75, 3.05) is 11.5 Å². The molecule has 0 aliphatic heterocycles. The second-order valence-electron chi connectivity index (χ2n) is 7.26. The summed E-state index contributed by atoms with van der Waals surface area (Å²) in [6.07, 6.45) is 14.4. The van der Waals surface area contributed by atoms with Gasteiger partial charge in [-0.15, -0.1) is 0 Å². The summed E-state index contributed by atoms with van der Waals surface area (Å²) in [6, 6.07) is 0. The Labute approximate surface area is 157 Å². The van der Waals surface area contributed by atoms with Crippen molar-refractivity contribution in [1.82, 2.24) is 0 Å². The molecule has 1 rings (SSSR count). The lowest BCUT2D eigenvalue weighted by Gasteiger charge is -2.19. The first-order valence-electron chi connectivity index (χ1n) is 9.88. The zero-order chi connectivity index (χ0) is 18.5. The SMILES string of the molecule is CCCCCC(C=C[C@H]1CCC[C@@H]1CCCCSCC(=O)O)C(O)O. The fraction of sp³-hybridized carbons (Fsp3) is 0.850. The van der Waals surface area contributed by atoms with Gasteiger partial charge in [-0.05, 0) is 49.7 Å². The Morgan fingerprint density at radius 1 is 1.20 bits per heavy atom. The zero-order valence-electron chi connectivity index (χ0n) is 15.6. The van der Waals surface area contributed by atoms with Gasteiger partial charge in [-0.3, -0.25) is 4.79 Å². The van der Waals surface area contributed by atoms with E-state index in [0.29, 0.717) is 11.8 Å². The predicted molar refractivity (Wildman–Crippen MR) is 105 cm³/mol. The van der Waals surface area contributed by atoms with Crippen molar-refractivity contribution in [2.45, 2.75) is 77.4 Å². The van der Waals surface area contributed by atoms with Gasteiger partial charge >= 0.3 is 5.97 Å². The van der Waals surface area contributed by atoms with E-state index in [0.717, 1.165) is 44.3 Å². The summed E-state index contributed by atoms with van der Waals surface area (Å²) >= 11 is 1.50. The molecule has 3 N–H and O–H groups in total. The van der Waals surface area contributed by atoms with E-state index in [-0.39, 0.29) is 11.7 Å². The number of thioether (sulfide) groups is 1. The summed E-state index contributed by atoms with van der Waals surface area (Å²) in [5.41, 5.74) is 0.